The van der Waals surface area contributed by atoms with Crippen molar-refractivity contribution in [3.05, 3.63) is 108 Å². The Kier molecular flexibility index (Phi) is 6.79. The molecule has 7 rings (SSSR count). The SMILES string of the molecule is O=C(OCc1ccccc1)N1CC=C(N2CC=C(c3ccc4[nH]c5nnc(-c6ccccc6O)cc5c4c3)CC2)CC1. The molecule has 0 spiro atoms. The van der Waals surface area contributed by atoms with Crippen LogP contribution in [0.3, 0.4) is 0 Å². The van der Waals surface area contributed by atoms with E-state index in [0.717, 1.165) is 53.4 Å². The van der Waals surface area contributed by atoms with Crippen molar-refractivity contribution in [2.45, 2.75) is 19.4 Å². The first-order valence-corrected chi connectivity index (χ1v) is 14.3. The second-order valence-electron chi connectivity index (χ2n) is 10.8. The van der Waals surface area contributed by atoms with Crippen molar-refractivity contribution in [3.63, 3.8) is 0 Å². The predicted octanol–water partition coefficient (Wildman–Crippen LogP) is 6.50. The summed E-state index contributed by atoms with van der Waals surface area (Å²) in [6, 6.07) is 25.4. The molecule has 2 aromatic heterocycles. The van der Waals surface area contributed by atoms with Crippen LogP contribution >= 0.6 is 0 Å². The maximum atomic E-state index is 12.5. The molecule has 3 aromatic carbocycles. The number of ether oxygens (including phenoxy) is 1. The van der Waals surface area contributed by atoms with Gasteiger partial charge in [-0.3, -0.25) is 0 Å². The van der Waals surface area contributed by atoms with E-state index in [2.05, 4.69) is 50.4 Å². The van der Waals surface area contributed by atoms with Crippen LogP contribution in [0.4, 0.5) is 4.79 Å². The summed E-state index contributed by atoms with van der Waals surface area (Å²) in [7, 11) is 0. The van der Waals surface area contributed by atoms with E-state index < -0.39 is 0 Å². The molecule has 0 aliphatic carbocycles. The van der Waals surface area contributed by atoms with E-state index in [9.17, 15) is 9.90 Å². The van der Waals surface area contributed by atoms with E-state index >= 15 is 0 Å². The van der Waals surface area contributed by atoms with Crippen LogP contribution in [-0.2, 0) is 11.3 Å². The standard InChI is InChI=1S/C34H31N5O3/c40-32-9-5-4-8-27(32)31-21-29-28-20-25(10-11-30(28)35-33(29)37-36-31)24-12-16-38(17-13-24)26-14-18-39(19-15-26)34(41)42-22-23-6-2-1-3-7-23/h1-12,14,20-21,40H,13,15-19,22H2,(H,35,37). The van der Waals surface area contributed by atoms with E-state index in [4.69, 9.17) is 4.74 Å². The third kappa shape index (κ3) is 5.07. The van der Waals surface area contributed by atoms with E-state index in [1.54, 1.807) is 17.0 Å². The molecule has 1 amide bonds. The summed E-state index contributed by atoms with van der Waals surface area (Å²) < 4.78 is 5.51. The number of aromatic hydroxyl groups is 1. The number of aromatic nitrogens is 3. The van der Waals surface area contributed by atoms with Crippen molar-refractivity contribution in [1.82, 2.24) is 25.0 Å². The maximum Gasteiger partial charge on any atom is 0.410 e. The van der Waals surface area contributed by atoms with Gasteiger partial charge in [-0.15, -0.1) is 10.2 Å². The van der Waals surface area contributed by atoms with Crippen LogP contribution in [0.25, 0.3) is 38.8 Å². The van der Waals surface area contributed by atoms with Crippen molar-refractivity contribution < 1.29 is 14.6 Å². The second-order valence-corrected chi connectivity index (χ2v) is 10.8. The molecule has 2 aliphatic rings. The Bertz CT molecular complexity index is 1840. The average molecular weight is 558 g/mol. The van der Waals surface area contributed by atoms with Crippen molar-refractivity contribution in [3.8, 4) is 17.0 Å². The molecule has 42 heavy (non-hydrogen) atoms. The number of benzene rings is 3. The minimum absolute atomic E-state index is 0.187. The van der Waals surface area contributed by atoms with Gasteiger partial charge in [0.2, 0.25) is 0 Å². The van der Waals surface area contributed by atoms with Gasteiger partial charge in [0.05, 0.1) is 5.69 Å². The Labute approximate surface area is 243 Å². The number of fused-ring (bicyclic) bond motifs is 3. The van der Waals surface area contributed by atoms with Crippen LogP contribution in [0, 0.1) is 0 Å². The van der Waals surface area contributed by atoms with Gasteiger partial charge in [0.25, 0.3) is 0 Å². The average Bonchev–Trinajstić information content (AvgIpc) is 3.42. The fourth-order valence-corrected chi connectivity index (χ4v) is 5.83. The zero-order valence-corrected chi connectivity index (χ0v) is 23.2. The molecule has 210 valence electrons. The van der Waals surface area contributed by atoms with Crippen LogP contribution in [0.2, 0.25) is 0 Å². The van der Waals surface area contributed by atoms with Gasteiger partial charge in [0.1, 0.15) is 12.4 Å². The first-order chi connectivity index (χ1) is 20.6. The number of nitrogens with one attached hydrogen (secondary N) is 1. The van der Waals surface area contributed by atoms with Crippen molar-refractivity contribution in [1.29, 1.82) is 0 Å². The lowest BCUT2D eigenvalue weighted by Crippen LogP contribution is -2.39. The highest BCUT2D eigenvalue weighted by molar-refractivity contribution is 6.07. The number of rotatable bonds is 5. The highest BCUT2D eigenvalue weighted by atomic mass is 16.6. The molecule has 0 saturated carbocycles. The number of carbonyl (C=O) groups excluding carboxylic acids is 1. The number of amides is 1. The van der Waals surface area contributed by atoms with Gasteiger partial charge in [0, 0.05) is 60.1 Å². The van der Waals surface area contributed by atoms with E-state index in [1.807, 2.05) is 48.5 Å². The summed E-state index contributed by atoms with van der Waals surface area (Å²) in [4.78, 5) is 20.1. The Morgan fingerprint density at radius 3 is 2.52 bits per heavy atom. The first kappa shape index (κ1) is 25.8. The number of carbonyl (C=O) groups is 1. The minimum Gasteiger partial charge on any atom is -0.507 e. The monoisotopic (exact) mass is 557 g/mol. The smallest absolute Gasteiger partial charge is 0.410 e. The summed E-state index contributed by atoms with van der Waals surface area (Å²) in [5.74, 6) is 0.187. The topological polar surface area (TPSA) is 94.6 Å². The lowest BCUT2D eigenvalue weighted by atomic mass is 9.97. The lowest BCUT2D eigenvalue weighted by Gasteiger charge is -2.35. The number of hydrogen-bond acceptors (Lipinski definition) is 6. The molecule has 4 heterocycles. The highest BCUT2D eigenvalue weighted by Crippen LogP contribution is 2.34. The Morgan fingerprint density at radius 2 is 1.74 bits per heavy atom. The maximum absolute atomic E-state index is 12.5. The molecule has 0 unspecified atom stereocenters. The van der Waals surface area contributed by atoms with E-state index in [-0.39, 0.29) is 11.8 Å². The summed E-state index contributed by atoms with van der Waals surface area (Å²) in [6.07, 6.45) is 5.98. The number of phenols is 1. The van der Waals surface area contributed by atoms with Gasteiger partial charge < -0.3 is 24.6 Å². The van der Waals surface area contributed by atoms with Crippen molar-refractivity contribution in [2.75, 3.05) is 26.2 Å². The number of hydrogen-bond donors (Lipinski definition) is 2. The summed E-state index contributed by atoms with van der Waals surface area (Å²) in [5.41, 5.74) is 7.85. The summed E-state index contributed by atoms with van der Waals surface area (Å²) in [5, 5.41) is 21.1. The van der Waals surface area contributed by atoms with Crippen molar-refractivity contribution in [2.24, 2.45) is 0 Å². The molecule has 0 radical (unpaired) electrons. The first-order valence-electron chi connectivity index (χ1n) is 14.3. The normalized spacial score (nSPS) is 15.5. The highest BCUT2D eigenvalue weighted by Gasteiger charge is 2.23. The van der Waals surface area contributed by atoms with Crippen LogP contribution in [-0.4, -0.2) is 62.4 Å². The van der Waals surface area contributed by atoms with Crippen LogP contribution in [0.15, 0.2) is 96.7 Å². The quantitative estimate of drug-likeness (QED) is 0.256. The Hall–Kier alpha value is -5.11. The van der Waals surface area contributed by atoms with Gasteiger partial charge in [-0.05, 0) is 59.5 Å². The number of phenolic OH excluding ortho intramolecular Hbond substituents is 1. The molecule has 0 bridgehead atoms. The Morgan fingerprint density at radius 1 is 0.881 bits per heavy atom. The third-order valence-electron chi connectivity index (χ3n) is 8.17. The predicted molar refractivity (Wildman–Crippen MR) is 164 cm³/mol. The minimum atomic E-state index is -0.263. The number of aromatic amines is 1. The molecule has 0 fully saturated rings. The van der Waals surface area contributed by atoms with Crippen molar-refractivity contribution >= 4 is 33.6 Å². The van der Waals surface area contributed by atoms with Gasteiger partial charge >= 0.3 is 6.09 Å². The molecule has 8 nitrogen and oxygen atoms in total. The van der Waals surface area contributed by atoms with Crippen LogP contribution in [0.1, 0.15) is 24.0 Å². The molecule has 5 aromatic rings. The second kappa shape index (κ2) is 11.0. The van der Waals surface area contributed by atoms with E-state index in [0.29, 0.717) is 31.0 Å². The number of nitrogens with zero attached hydrogens (tertiary/aromatic N) is 4. The van der Waals surface area contributed by atoms with Gasteiger partial charge in [-0.25, -0.2) is 4.79 Å². The van der Waals surface area contributed by atoms with Gasteiger partial charge in [-0.2, -0.15) is 0 Å². The summed E-state index contributed by atoms with van der Waals surface area (Å²) >= 11 is 0. The lowest BCUT2D eigenvalue weighted by molar-refractivity contribution is 0.0974. The van der Waals surface area contributed by atoms with Gasteiger partial charge in [-0.1, -0.05) is 54.6 Å². The fourth-order valence-electron chi connectivity index (χ4n) is 5.83. The van der Waals surface area contributed by atoms with E-state index in [1.165, 1.54) is 16.8 Å². The van der Waals surface area contributed by atoms with Crippen LogP contribution < -0.4 is 0 Å². The third-order valence-corrected chi connectivity index (χ3v) is 8.17. The molecule has 0 saturated heterocycles. The fraction of sp³-hybridized carbons (Fsp3) is 0.206. The Balaban J connectivity index is 1.04. The largest absolute Gasteiger partial charge is 0.507 e. The zero-order valence-electron chi connectivity index (χ0n) is 23.2. The molecular formula is C34H31N5O3. The molecule has 2 aliphatic heterocycles. The number of H-pyrrole nitrogens is 1. The molecule has 0 atom stereocenters. The summed E-state index contributed by atoms with van der Waals surface area (Å²) in [6.45, 7) is 3.30. The molecule has 8 heteroatoms. The number of para-hydroxylation sites is 1. The van der Waals surface area contributed by atoms with Crippen LogP contribution in [0.5, 0.6) is 5.75 Å². The zero-order chi connectivity index (χ0) is 28.5. The van der Waals surface area contributed by atoms with Gasteiger partial charge in [0.15, 0.2) is 5.65 Å². The molecule has 2 N–H and O–H groups in total. The molecular weight excluding hydrogens is 526 g/mol.